The maximum Gasteiger partial charge on any atom is 0.0472 e. The van der Waals surface area contributed by atoms with E-state index < -0.39 is 0 Å². The van der Waals surface area contributed by atoms with Crippen LogP contribution < -0.4 is 0 Å². The highest BCUT2D eigenvalue weighted by Crippen LogP contribution is 2.40. The summed E-state index contributed by atoms with van der Waals surface area (Å²) in [5, 5.41) is 3.78. The van der Waals surface area contributed by atoms with Gasteiger partial charge in [0, 0.05) is 54.6 Å². The van der Waals surface area contributed by atoms with Crippen molar-refractivity contribution in [1.82, 2.24) is 9.97 Å². The minimum Gasteiger partial charge on any atom is -0.361 e. The van der Waals surface area contributed by atoms with Crippen molar-refractivity contribution in [3.63, 3.8) is 0 Å². The topological polar surface area (TPSA) is 31.6 Å². The van der Waals surface area contributed by atoms with E-state index in [0.717, 1.165) is 36.3 Å². The lowest BCUT2D eigenvalue weighted by Gasteiger charge is -2.18. The smallest absolute Gasteiger partial charge is 0.0472 e. The van der Waals surface area contributed by atoms with Gasteiger partial charge in [-0.05, 0) is 53.1 Å². The fourth-order valence-electron chi connectivity index (χ4n) is 3.93. The lowest BCUT2D eigenvalue weighted by atomic mass is 9.85. The van der Waals surface area contributed by atoms with Crippen molar-refractivity contribution in [2.75, 3.05) is 0 Å². The number of hydrogen-bond donors (Lipinski definition) is 2. The highest BCUT2D eigenvalue weighted by Gasteiger charge is 2.23. The lowest BCUT2D eigenvalue weighted by molar-refractivity contribution is 0.996. The van der Waals surface area contributed by atoms with Gasteiger partial charge in [-0.15, -0.1) is 0 Å². The van der Waals surface area contributed by atoms with Crippen LogP contribution in [0.2, 0.25) is 10.0 Å². The number of benzene rings is 3. The quantitative estimate of drug-likeness (QED) is 0.269. The van der Waals surface area contributed by atoms with Crippen LogP contribution in [0.25, 0.3) is 21.8 Å². The van der Waals surface area contributed by atoms with E-state index in [1.165, 1.54) is 16.7 Å². The van der Waals surface area contributed by atoms with Gasteiger partial charge in [-0.1, -0.05) is 63.4 Å². The number of H-pyrrole nitrogens is 2. The van der Waals surface area contributed by atoms with Gasteiger partial charge in [0.15, 0.2) is 0 Å². The Kier molecular flexibility index (Phi) is 4.47. The van der Waals surface area contributed by atoms with Gasteiger partial charge >= 0.3 is 0 Å². The zero-order valence-electron chi connectivity index (χ0n) is 14.6. The Morgan fingerprint density at radius 2 is 1.29 bits per heavy atom. The van der Waals surface area contributed by atoms with Crippen molar-refractivity contribution in [3.05, 3.63) is 104 Å². The molecule has 0 spiro atoms. The Labute approximate surface area is 180 Å². The van der Waals surface area contributed by atoms with Gasteiger partial charge in [0.2, 0.25) is 0 Å². The van der Waals surface area contributed by atoms with E-state index in [4.69, 9.17) is 23.2 Å². The highest BCUT2D eigenvalue weighted by molar-refractivity contribution is 9.10. The average Bonchev–Trinajstić information content (AvgIpc) is 3.26. The number of rotatable bonds is 3. The van der Waals surface area contributed by atoms with Crippen molar-refractivity contribution in [2.24, 2.45) is 0 Å². The summed E-state index contributed by atoms with van der Waals surface area (Å²) in [5.74, 6) is 0.0577. The van der Waals surface area contributed by atoms with Crippen molar-refractivity contribution in [3.8, 4) is 0 Å². The summed E-state index contributed by atoms with van der Waals surface area (Å²) in [7, 11) is 0. The lowest BCUT2D eigenvalue weighted by Crippen LogP contribution is -2.02. The van der Waals surface area contributed by atoms with Gasteiger partial charge < -0.3 is 9.97 Å². The highest BCUT2D eigenvalue weighted by atomic mass is 79.9. The second-order valence-corrected chi connectivity index (χ2v) is 8.64. The molecule has 5 heteroatoms. The standard InChI is InChI=1S/C23H15BrCl2N2/c24-14-3-1-2-13(8-14)23(19-11-27-21-9-15(25)4-6-17(19)21)20-12-28-22-10-16(26)5-7-18(20)22/h1-12,23,27-28H. The summed E-state index contributed by atoms with van der Waals surface area (Å²) in [6.45, 7) is 0. The van der Waals surface area contributed by atoms with E-state index >= 15 is 0 Å². The molecule has 2 heterocycles. The minimum absolute atomic E-state index is 0.0577. The Morgan fingerprint density at radius 1 is 0.714 bits per heavy atom. The number of halogens is 3. The van der Waals surface area contributed by atoms with Crippen molar-refractivity contribution >= 4 is 60.9 Å². The van der Waals surface area contributed by atoms with Crippen LogP contribution in [-0.2, 0) is 0 Å². The maximum absolute atomic E-state index is 6.19. The first kappa shape index (κ1) is 17.9. The van der Waals surface area contributed by atoms with Gasteiger partial charge in [0.25, 0.3) is 0 Å². The van der Waals surface area contributed by atoms with Gasteiger partial charge in [0.05, 0.1) is 0 Å². The molecule has 28 heavy (non-hydrogen) atoms. The van der Waals surface area contributed by atoms with Crippen LogP contribution in [0.1, 0.15) is 22.6 Å². The summed E-state index contributed by atoms with van der Waals surface area (Å²) in [6.07, 6.45) is 4.17. The summed E-state index contributed by atoms with van der Waals surface area (Å²) < 4.78 is 1.06. The Balaban J connectivity index is 1.79. The molecule has 0 aliphatic heterocycles. The molecule has 0 fully saturated rings. The second kappa shape index (κ2) is 7.00. The van der Waals surface area contributed by atoms with E-state index in [1.54, 1.807) is 0 Å². The predicted molar refractivity (Wildman–Crippen MR) is 122 cm³/mol. The Bertz CT molecular complexity index is 1240. The molecule has 2 nitrogen and oxygen atoms in total. The molecule has 0 radical (unpaired) electrons. The first-order valence-corrected chi connectivity index (χ1v) is 10.4. The molecule has 5 aromatic rings. The molecule has 0 saturated carbocycles. The van der Waals surface area contributed by atoms with Crippen LogP contribution in [-0.4, -0.2) is 9.97 Å². The van der Waals surface area contributed by atoms with Gasteiger partial charge in [-0.3, -0.25) is 0 Å². The fraction of sp³-hybridized carbons (Fsp3) is 0.0435. The van der Waals surface area contributed by atoms with Crippen molar-refractivity contribution < 1.29 is 0 Å². The summed E-state index contributed by atoms with van der Waals surface area (Å²) >= 11 is 16.0. The molecule has 2 aromatic heterocycles. The number of aromatic amines is 2. The number of aromatic nitrogens is 2. The zero-order valence-corrected chi connectivity index (χ0v) is 17.7. The molecule has 3 aromatic carbocycles. The third kappa shape index (κ3) is 3.04. The molecule has 0 aliphatic rings. The van der Waals surface area contributed by atoms with E-state index in [1.807, 2.05) is 30.3 Å². The van der Waals surface area contributed by atoms with Crippen molar-refractivity contribution in [2.45, 2.75) is 5.92 Å². The third-order valence-electron chi connectivity index (χ3n) is 5.16. The molecule has 5 rings (SSSR count). The summed E-state index contributed by atoms with van der Waals surface area (Å²) in [4.78, 5) is 6.77. The van der Waals surface area contributed by atoms with Crippen LogP contribution in [0, 0.1) is 0 Å². The molecule has 138 valence electrons. The average molecular weight is 470 g/mol. The predicted octanol–water partition coefficient (Wildman–Crippen LogP) is 7.90. The van der Waals surface area contributed by atoms with Crippen LogP contribution in [0.3, 0.4) is 0 Å². The van der Waals surface area contributed by atoms with Gasteiger partial charge in [-0.25, -0.2) is 0 Å². The molecule has 0 unspecified atom stereocenters. The third-order valence-corrected chi connectivity index (χ3v) is 6.12. The second-order valence-electron chi connectivity index (χ2n) is 6.86. The molecular formula is C23H15BrCl2N2. The fourth-order valence-corrected chi connectivity index (χ4v) is 4.69. The molecule has 0 aliphatic carbocycles. The van der Waals surface area contributed by atoms with Gasteiger partial charge in [0.1, 0.15) is 0 Å². The van der Waals surface area contributed by atoms with E-state index in [-0.39, 0.29) is 5.92 Å². The van der Waals surface area contributed by atoms with E-state index in [9.17, 15) is 0 Å². The van der Waals surface area contributed by atoms with Crippen LogP contribution in [0.4, 0.5) is 0 Å². The first-order chi connectivity index (χ1) is 13.6. The number of nitrogens with one attached hydrogen (secondary N) is 2. The minimum atomic E-state index is 0.0577. The normalized spacial score (nSPS) is 11.7. The zero-order chi connectivity index (χ0) is 19.3. The van der Waals surface area contributed by atoms with Crippen LogP contribution in [0.5, 0.6) is 0 Å². The largest absolute Gasteiger partial charge is 0.361 e. The first-order valence-electron chi connectivity index (χ1n) is 8.89. The van der Waals surface area contributed by atoms with Crippen LogP contribution >= 0.6 is 39.1 Å². The Hall–Kier alpha value is -2.20. The molecule has 0 amide bonds. The van der Waals surface area contributed by atoms with Gasteiger partial charge in [-0.2, -0.15) is 0 Å². The number of hydrogen-bond acceptors (Lipinski definition) is 0. The molecule has 2 N–H and O–H groups in total. The molecule has 0 bridgehead atoms. The summed E-state index contributed by atoms with van der Waals surface area (Å²) in [6, 6.07) is 20.4. The molecular weight excluding hydrogens is 455 g/mol. The molecule has 0 saturated heterocycles. The SMILES string of the molecule is Clc1ccc2c(C(c3cccc(Br)c3)c3c[nH]c4cc(Cl)ccc34)c[nH]c2c1. The van der Waals surface area contributed by atoms with E-state index in [0.29, 0.717) is 0 Å². The molecule has 0 atom stereocenters. The number of fused-ring (bicyclic) bond motifs is 2. The van der Waals surface area contributed by atoms with E-state index in [2.05, 4.69) is 68.6 Å². The maximum atomic E-state index is 6.19. The Morgan fingerprint density at radius 3 is 1.82 bits per heavy atom. The van der Waals surface area contributed by atoms with Crippen molar-refractivity contribution in [1.29, 1.82) is 0 Å². The monoisotopic (exact) mass is 468 g/mol. The van der Waals surface area contributed by atoms with Crippen LogP contribution in [0.15, 0.2) is 77.5 Å². The summed E-state index contributed by atoms with van der Waals surface area (Å²) in [5.41, 5.74) is 5.69.